The van der Waals surface area contributed by atoms with Gasteiger partial charge in [0, 0.05) is 40.7 Å². The van der Waals surface area contributed by atoms with Gasteiger partial charge >= 0.3 is 0 Å². The standard InChI is InChI=1S/C24H22N4O4/c1-15-22(23(29)24(30)27-16-9-11-26-21(12-16)32-3)19-13-18(31-2)7-8-20(19)28(15)14-17-6-4-5-10-25-17/h4-13H,14H2,1-3H3,(H,26,27,30). The molecule has 3 aromatic heterocycles. The van der Waals surface area contributed by atoms with Gasteiger partial charge in [-0.15, -0.1) is 0 Å². The van der Waals surface area contributed by atoms with Crippen LogP contribution in [0.2, 0.25) is 0 Å². The Balaban J connectivity index is 1.75. The molecule has 0 fully saturated rings. The molecule has 4 aromatic rings. The van der Waals surface area contributed by atoms with Gasteiger partial charge in [0.1, 0.15) is 5.75 Å². The maximum Gasteiger partial charge on any atom is 0.296 e. The highest BCUT2D eigenvalue weighted by Crippen LogP contribution is 2.30. The summed E-state index contributed by atoms with van der Waals surface area (Å²) >= 11 is 0. The Labute approximate surface area is 184 Å². The molecule has 0 unspecified atom stereocenters. The van der Waals surface area contributed by atoms with Crippen molar-refractivity contribution in [1.82, 2.24) is 14.5 Å². The zero-order valence-electron chi connectivity index (χ0n) is 18.0. The lowest BCUT2D eigenvalue weighted by Gasteiger charge is -2.09. The summed E-state index contributed by atoms with van der Waals surface area (Å²) in [4.78, 5) is 34.5. The van der Waals surface area contributed by atoms with Gasteiger partial charge in [0.25, 0.3) is 11.7 Å². The molecule has 0 aliphatic rings. The Morgan fingerprint density at radius 3 is 2.56 bits per heavy atom. The number of anilines is 1. The Kier molecular flexibility index (Phi) is 5.85. The van der Waals surface area contributed by atoms with Crippen molar-refractivity contribution in [3.8, 4) is 11.6 Å². The number of amides is 1. The number of carbonyl (C=O) groups excluding carboxylic acids is 2. The van der Waals surface area contributed by atoms with Crippen molar-refractivity contribution in [1.29, 1.82) is 0 Å². The first-order valence-corrected chi connectivity index (χ1v) is 9.94. The van der Waals surface area contributed by atoms with E-state index in [1.54, 1.807) is 31.5 Å². The molecule has 1 N–H and O–H groups in total. The van der Waals surface area contributed by atoms with Gasteiger partial charge in [-0.05, 0) is 43.3 Å². The largest absolute Gasteiger partial charge is 0.497 e. The number of pyridine rings is 2. The van der Waals surface area contributed by atoms with Gasteiger partial charge in [0.05, 0.1) is 32.0 Å². The monoisotopic (exact) mass is 430 g/mol. The molecule has 32 heavy (non-hydrogen) atoms. The van der Waals surface area contributed by atoms with E-state index in [4.69, 9.17) is 9.47 Å². The molecule has 0 atom stereocenters. The van der Waals surface area contributed by atoms with Gasteiger partial charge in [-0.3, -0.25) is 14.6 Å². The number of aromatic nitrogens is 3. The number of hydrogen-bond acceptors (Lipinski definition) is 6. The third-order valence-corrected chi connectivity index (χ3v) is 5.21. The molecule has 8 nitrogen and oxygen atoms in total. The van der Waals surface area contributed by atoms with Gasteiger partial charge < -0.3 is 19.4 Å². The second-order valence-corrected chi connectivity index (χ2v) is 7.12. The van der Waals surface area contributed by atoms with Gasteiger partial charge in [0.15, 0.2) is 0 Å². The van der Waals surface area contributed by atoms with Gasteiger partial charge in [0.2, 0.25) is 5.88 Å². The van der Waals surface area contributed by atoms with Crippen molar-refractivity contribution in [2.75, 3.05) is 19.5 Å². The summed E-state index contributed by atoms with van der Waals surface area (Å²) in [5, 5.41) is 3.28. The summed E-state index contributed by atoms with van der Waals surface area (Å²) in [5.74, 6) is -0.457. The molecule has 0 radical (unpaired) electrons. The number of fused-ring (bicyclic) bond motifs is 1. The van der Waals surface area contributed by atoms with Crippen LogP contribution in [0, 0.1) is 6.92 Å². The summed E-state index contributed by atoms with van der Waals surface area (Å²) in [6, 6.07) is 14.3. The summed E-state index contributed by atoms with van der Waals surface area (Å²) in [7, 11) is 3.04. The Morgan fingerprint density at radius 1 is 1.00 bits per heavy atom. The molecule has 0 bridgehead atoms. The summed E-state index contributed by atoms with van der Waals surface area (Å²) in [6.45, 7) is 2.29. The maximum absolute atomic E-state index is 13.3. The molecule has 0 spiro atoms. The number of ether oxygens (including phenoxy) is 2. The second-order valence-electron chi connectivity index (χ2n) is 7.12. The van der Waals surface area contributed by atoms with Crippen LogP contribution >= 0.6 is 0 Å². The topological polar surface area (TPSA) is 95.3 Å². The minimum absolute atomic E-state index is 0.327. The number of methoxy groups -OCH3 is 2. The van der Waals surface area contributed by atoms with Crippen LogP contribution in [0.5, 0.6) is 11.6 Å². The molecule has 162 valence electrons. The number of hydrogen-bond donors (Lipinski definition) is 1. The van der Waals surface area contributed by atoms with Crippen molar-refractivity contribution in [3.63, 3.8) is 0 Å². The lowest BCUT2D eigenvalue weighted by atomic mass is 10.1. The van der Waals surface area contributed by atoms with E-state index >= 15 is 0 Å². The third kappa shape index (κ3) is 4.02. The average Bonchev–Trinajstić information content (AvgIpc) is 3.09. The van der Waals surface area contributed by atoms with E-state index in [-0.39, 0.29) is 0 Å². The number of Topliss-reactive ketones (excluding diaryl/α,β-unsaturated/α-hetero) is 1. The summed E-state index contributed by atoms with van der Waals surface area (Å²) in [5.41, 5.74) is 3.08. The molecule has 0 aliphatic heterocycles. The SMILES string of the molecule is COc1ccc2c(c1)c(C(=O)C(=O)Nc1ccnc(OC)c1)c(C)n2Cc1ccccn1. The molecule has 8 heteroatoms. The lowest BCUT2D eigenvalue weighted by Crippen LogP contribution is -2.23. The van der Waals surface area contributed by atoms with E-state index in [9.17, 15) is 9.59 Å². The first-order valence-electron chi connectivity index (χ1n) is 9.94. The zero-order valence-corrected chi connectivity index (χ0v) is 18.0. The average molecular weight is 430 g/mol. The Hall–Kier alpha value is -4.20. The highest BCUT2D eigenvalue weighted by molar-refractivity contribution is 6.48. The fourth-order valence-electron chi connectivity index (χ4n) is 3.63. The van der Waals surface area contributed by atoms with E-state index in [2.05, 4.69) is 15.3 Å². The number of benzene rings is 1. The number of ketones is 1. The van der Waals surface area contributed by atoms with E-state index < -0.39 is 11.7 Å². The van der Waals surface area contributed by atoms with Crippen LogP contribution in [-0.2, 0) is 11.3 Å². The third-order valence-electron chi connectivity index (χ3n) is 5.21. The molecule has 1 aromatic carbocycles. The minimum Gasteiger partial charge on any atom is -0.497 e. The number of nitrogens with one attached hydrogen (secondary N) is 1. The van der Waals surface area contributed by atoms with Crippen LogP contribution in [0.25, 0.3) is 10.9 Å². The quantitative estimate of drug-likeness (QED) is 0.355. The van der Waals surface area contributed by atoms with Crippen molar-refractivity contribution >= 4 is 28.3 Å². The smallest absolute Gasteiger partial charge is 0.296 e. The second kappa shape index (κ2) is 8.89. The maximum atomic E-state index is 13.3. The van der Waals surface area contributed by atoms with Crippen LogP contribution in [0.15, 0.2) is 60.9 Å². The predicted octanol–water partition coefficient (Wildman–Crippen LogP) is 3.63. The highest BCUT2D eigenvalue weighted by atomic mass is 16.5. The number of nitrogens with zero attached hydrogens (tertiary/aromatic N) is 3. The molecular weight excluding hydrogens is 408 g/mol. The normalized spacial score (nSPS) is 10.7. The lowest BCUT2D eigenvalue weighted by molar-refractivity contribution is -0.112. The zero-order chi connectivity index (χ0) is 22.7. The number of carbonyl (C=O) groups is 2. The Bertz CT molecular complexity index is 1300. The van der Waals surface area contributed by atoms with Crippen LogP contribution in [0.1, 0.15) is 21.7 Å². The van der Waals surface area contributed by atoms with Crippen molar-refractivity contribution in [3.05, 3.63) is 77.9 Å². The molecule has 0 saturated carbocycles. The first-order chi connectivity index (χ1) is 15.5. The molecule has 0 saturated heterocycles. The molecule has 0 aliphatic carbocycles. The Morgan fingerprint density at radius 2 is 1.84 bits per heavy atom. The van der Waals surface area contributed by atoms with Crippen LogP contribution in [-0.4, -0.2) is 40.4 Å². The van der Waals surface area contributed by atoms with Crippen LogP contribution < -0.4 is 14.8 Å². The summed E-state index contributed by atoms with van der Waals surface area (Å²) < 4.78 is 12.4. The minimum atomic E-state index is -0.749. The van der Waals surface area contributed by atoms with Gasteiger partial charge in [-0.25, -0.2) is 4.98 Å². The first kappa shape index (κ1) is 21.0. The molecule has 4 rings (SSSR count). The van der Waals surface area contributed by atoms with Crippen molar-refractivity contribution in [2.45, 2.75) is 13.5 Å². The fraction of sp³-hybridized carbons (Fsp3) is 0.167. The summed E-state index contributed by atoms with van der Waals surface area (Å²) in [6.07, 6.45) is 3.22. The van der Waals surface area contributed by atoms with Gasteiger partial charge in [-0.2, -0.15) is 0 Å². The van der Waals surface area contributed by atoms with Crippen molar-refractivity contribution in [2.24, 2.45) is 0 Å². The van der Waals surface area contributed by atoms with E-state index in [0.717, 1.165) is 11.2 Å². The molecule has 3 heterocycles. The number of rotatable bonds is 7. The highest BCUT2D eigenvalue weighted by Gasteiger charge is 2.26. The predicted molar refractivity (Wildman–Crippen MR) is 120 cm³/mol. The fourth-order valence-corrected chi connectivity index (χ4v) is 3.63. The van der Waals surface area contributed by atoms with Crippen LogP contribution in [0.4, 0.5) is 5.69 Å². The van der Waals surface area contributed by atoms with Gasteiger partial charge in [-0.1, -0.05) is 6.07 Å². The van der Waals surface area contributed by atoms with E-state index in [0.29, 0.717) is 40.5 Å². The van der Waals surface area contributed by atoms with E-state index in [1.807, 2.05) is 41.8 Å². The van der Waals surface area contributed by atoms with E-state index in [1.165, 1.54) is 13.3 Å². The molecular formula is C24H22N4O4. The van der Waals surface area contributed by atoms with Crippen molar-refractivity contribution < 1.29 is 19.1 Å². The van der Waals surface area contributed by atoms with Crippen LogP contribution in [0.3, 0.4) is 0 Å². The molecule has 1 amide bonds.